The van der Waals surface area contributed by atoms with Gasteiger partial charge in [-0.05, 0) is 30.3 Å². The second-order valence-electron chi connectivity index (χ2n) is 7.99. The third-order valence-corrected chi connectivity index (χ3v) is 5.96. The molecule has 0 spiro atoms. The van der Waals surface area contributed by atoms with Gasteiger partial charge in [0.1, 0.15) is 19.0 Å². The van der Waals surface area contributed by atoms with E-state index >= 15 is 0 Å². The van der Waals surface area contributed by atoms with E-state index in [1.54, 1.807) is 12.0 Å². The highest BCUT2D eigenvalue weighted by molar-refractivity contribution is 6.11. The van der Waals surface area contributed by atoms with Crippen LogP contribution in [0.4, 0.5) is 4.79 Å². The first kappa shape index (κ1) is 21.0. The first-order valence-corrected chi connectivity index (χ1v) is 11.0. The molecule has 0 saturated carbocycles. The Morgan fingerprint density at radius 1 is 0.909 bits per heavy atom. The third kappa shape index (κ3) is 4.02. The zero-order valence-corrected chi connectivity index (χ0v) is 18.7. The molecule has 0 bridgehead atoms. The number of rotatable bonds is 8. The zero-order chi connectivity index (χ0) is 22.8. The molecule has 5 rings (SSSR count). The number of carbonyl (C=O) groups excluding carboxylic acids is 1. The van der Waals surface area contributed by atoms with Crippen molar-refractivity contribution in [2.24, 2.45) is 7.05 Å². The Bertz CT molecular complexity index is 1300. The van der Waals surface area contributed by atoms with E-state index in [-0.39, 0.29) is 18.8 Å². The number of aryl methyl sites for hydroxylation is 1. The van der Waals surface area contributed by atoms with Gasteiger partial charge in [-0.1, -0.05) is 36.4 Å². The number of amides is 1. The van der Waals surface area contributed by atoms with Gasteiger partial charge < -0.3 is 28.4 Å². The zero-order valence-electron chi connectivity index (χ0n) is 18.7. The Morgan fingerprint density at radius 2 is 1.64 bits per heavy atom. The van der Waals surface area contributed by atoms with Crippen molar-refractivity contribution < 1.29 is 23.7 Å². The van der Waals surface area contributed by atoms with Gasteiger partial charge in [0.15, 0.2) is 17.6 Å². The maximum atomic E-state index is 12.3. The fraction of sp³-hybridized carbons (Fsp3) is 0.269. The molecule has 2 heterocycles. The van der Waals surface area contributed by atoms with Crippen LogP contribution in [-0.4, -0.2) is 55.1 Å². The third-order valence-electron chi connectivity index (χ3n) is 5.96. The topological polar surface area (TPSA) is 62.2 Å². The van der Waals surface area contributed by atoms with Gasteiger partial charge in [-0.3, -0.25) is 0 Å². The lowest BCUT2D eigenvalue weighted by Gasteiger charge is -2.15. The number of para-hydroxylation sites is 3. The molecule has 1 fully saturated rings. The highest BCUT2D eigenvalue weighted by Gasteiger charge is 2.31. The molecule has 1 saturated heterocycles. The van der Waals surface area contributed by atoms with Gasteiger partial charge in [-0.15, -0.1) is 0 Å². The monoisotopic (exact) mass is 446 g/mol. The number of hydrogen-bond donors (Lipinski definition) is 0. The Labute approximate surface area is 192 Å². The summed E-state index contributed by atoms with van der Waals surface area (Å²) in [5, 5.41) is 2.21. The Kier molecular flexibility index (Phi) is 5.69. The molecule has 0 aliphatic carbocycles. The maximum Gasteiger partial charge on any atom is 0.410 e. The molecule has 1 atom stereocenters. The normalized spacial score (nSPS) is 15.8. The summed E-state index contributed by atoms with van der Waals surface area (Å²) in [7, 11) is 3.65. The summed E-state index contributed by atoms with van der Waals surface area (Å²) in [4.78, 5) is 14.0. The van der Waals surface area contributed by atoms with Crippen molar-refractivity contribution in [3.63, 3.8) is 0 Å². The van der Waals surface area contributed by atoms with Gasteiger partial charge in [-0.25, -0.2) is 4.79 Å². The molecular formula is C26H26N2O5. The summed E-state index contributed by atoms with van der Waals surface area (Å²) in [6.07, 6.45) is -0.690. The van der Waals surface area contributed by atoms with Crippen LogP contribution < -0.4 is 14.2 Å². The summed E-state index contributed by atoms with van der Waals surface area (Å²) in [5.41, 5.74) is 2.25. The molecule has 1 aromatic heterocycles. The highest BCUT2D eigenvalue weighted by Crippen LogP contribution is 2.35. The fourth-order valence-corrected chi connectivity index (χ4v) is 4.33. The van der Waals surface area contributed by atoms with E-state index in [0.717, 1.165) is 27.6 Å². The second kappa shape index (κ2) is 8.94. The van der Waals surface area contributed by atoms with E-state index in [9.17, 15) is 4.79 Å². The van der Waals surface area contributed by atoms with Crippen molar-refractivity contribution in [1.29, 1.82) is 0 Å². The lowest BCUT2D eigenvalue weighted by atomic mass is 10.1. The summed E-state index contributed by atoms with van der Waals surface area (Å²) >= 11 is 0. The molecule has 170 valence electrons. The van der Waals surface area contributed by atoms with Crippen LogP contribution in [0.2, 0.25) is 0 Å². The molecule has 0 radical (unpaired) electrons. The van der Waals surface area contributed by atoms with Gasteiger partial charge in [0, 0.05) is 23.3 Å². The molecule has 3 aromatic carbocycles. The molecule has 1 aliphatic rings. The van der Waals surface area contributed by atoms with Gasteiger partial charge in [-0.2, -0.15) is 0 Å². The van der Waals surface area contributed by atoms with E-state index in [1.807, 2.05) is 48.5 Å². The van der Waals surface area contributed by atoms with E-state index in [2.05, 4.69) is 29.8 Å². The summed E-state index contributed by atoms with van der Waals surface area (Å²) in [5.74, 6) is 2.10. The summed E-state index contributed by atoms with van der Waals surface area (Å²) in [6, 6.07) is 21.7. The quantitative estimate of drug-likeness (QED) is 0.395. The maximum absolute atomic E-state index is 12.3. The van der Waals surface area contributed by atoms with Crippen LogP contribution in [0.25, 0.3) is 21.8 Å². The fourth-order valence-electron chi connectivity index (χ4n) is 4.33. The number of benzene rings is 3. The smallest absolute Gasteiger partial charge is 0.410 e. The minimum atomic E-state index is -0.351. The van der Waals surface area contributed by atoms with Crippen molar-refractivity contribution in [3.05, 3.63) is 66.7 Å². The largest absolute Gasteiger partial charge is 0.493 e. The Balaban J connectivity index is 1.22. The predicted octanol–water partition coefficient (Wildman–Crippen LogP) is 4.62. The highest BCUT2D eigenvalue weighted by atomic mass is 16.6. The molecule has 4 aromatic rings. The number of ether oxygens (including phenoxy) is 4. The average molecular weight is 447 g/mol. The molecular weight excluding hydrogens is 420 g/mol. The van der Waals surface area contributed by atoms with Crippen LogP contribution in [-0.2, 0) is 11.8 Å². The van der Waals surface area contributed by atoms with E-state index in [1.165, 1.54) is 0 Å². The first-order valence-electron chi connectivity index (χ1n) is 11.0. The molecule has 1 amide bonds. The number of aromatic nitrogens is 1. The molecule has 7 nitrogen and oxygen atoms in total. The molecule has 1 aliphatic heterocycles. The van der Waals surface area contributed by atoms with Crippen molar-refractivity contribution in [2.45, 2.75) is 6.10 Å². The number of methoxy groups -OCH3 is 1. The van der Waals surface area contributed by atoms with Crippen molar-refractivity contribution in [3.8, 4) is 17.2 Å². The molecule has 7 heteroatoms. The number of cyclic esters (lactones) is 1. The number of fused-ring (bicyclic) bond motifs is 3. The number of nitrogens with zero attached hydrogens (tertiary/aromatic N) is 2. The SMILES string of the molecule is COc1ccccc1OCCN1CC(COc2cccc3c2c2ccccc2n3C)OC1=O. The Hall–Kier alpha value is -3.87. The van der Waals surface area contributed by atoms with Crippen LogP contribution in [0.3, 0.4) is 0 Å². The lowest BCUT2D eigenvalue weighted by Crippen LogP contribution is -2.30. The minimum Gasteiger partial charge on any atom is -0.493 e. The van der Waals surface area contributed by atoms with Gasteiger partial charge in [0.2, 0.25) is 0 Å². The second-order valence-corrected chi connectivity index (χ2v) is 7.99. The predicted molar refractivity (Wildman–Crippen MR) is 126 cm³/mol. The minimum absolute atomic E-state index is 0.290. The van der Waals surface area contributed by atoms with Gasteiger partial charge in [0.05, 0.1) is 25.7 Å². The molecule has 0 N–H and O–H groups in total. The van der Waals surface area contributed by atoms with E-state index < -0.39 is 0 Å². The number of carbonyl (C=O) groups is 1. The van der Waals surface area contributed by atoms with Gasteiger partial charge >= 0.3 is 6.09 Å². The summed E-state index contributed by atoms with van der Waals surface area (Å²) < 4.78 is 24.9. The lowest BCUT2D eigenvalue weighted by molar-refractivity contribution is 0.103. The van der Waals surface area contributed by atoms with E-state index in [0.29, 0.717) is 31.2 Å². The van der Waals surface area contributed by atoms with E-state index in [4.69, 9.17) is 18.9 Å². The first-order chi connectivity index (χ1) is 16.2. The van der Waals surface area contributed by atoms with Crippen LogP contribution in [0.15, 0.2) is 66.7 Å². The molecule has 33 heavy (non-hydrogen) atoms. The standard InChI is InChI=1S/C26H26N2O5/c1-27-20-9-4-3-8-19(20)25-21(27)10-7-13-24(25)32-17-18-16-28(26(29)33-18)14-15-31-23-12-6-5-11-22(23)30-2/h3-13,18H,14-17H2,1-2H3. The average Bonchev–Trinajstić information content (AvgIpc) is 3.35. The summed E-state index contributed by atoms with van der Waals surface area (Å²) in [6.45, 7) is 1.52. The number of hydrogen-bond acceptors (Lipinski definition) is 5. The van der Waals surface area contributed by atoms with Crippen molar-refractivity contribution in [1.82, 2.24) is 9.47 Å². The van der Waals surface area contributed by atoms with Crippen LogP contribution in [0.5, 0.6) is 17.2 Å². The van der Waals surface area contributed by atoms with Crippen LogP contribution in [0, 0.1) is 0 Å². The Morgan fingerprint density at radius 3 is 2.48 bits per heavy atom. The van der Waals surface area contributed by atoms with Crippen LogP contribution >= 0.6 is 0 Å². The van der Waals surface area contributed by atoms with Crippen molar-refractivity contribution >= 4 is 27.9 Å². The molecule has 1 unspecified atom stereocenters. The van der Waals surface area contributed by atoms with Crippen LogP contribution in [0.1, 0.15) is 0 Å². The van der Waals surface area contributed by atoms with Gasteiger partial charge in [0.25, 0.3) is 0 Å². The van der Waals surface area contributed by atoms with Crippen molar-refractivity contribution in [2.75, 3.05) is 33.4 Å².